The number of carbonyl (C=O) groups excluding carboxylic acids is 2. The minimum absolute atomic E-state index is 0.0224. The zero-order chi connectivity index (χ0) is 20.5. The maximum Gasteiger partial charge on any atom is 0.237 e. The van der Waals surface area contributed by atoms with Gasteiger partial charge < -0.3 is 19.7 Å². The molecule has 1 aliphatic heterocycles. The maximum absolute atomic E-state index is 12.9. The Bertz CT molecular complexity index is 633. The van der Waals surface area contributed by atoms with E-state index in [4.69, 9.17) is 9.47 Å². The highest BCUT2D eigenvalue weighted by molar-refractivity contribution is 5.89. The summed E-state index contributed by atoms with van der Waals surface area (Å²) in [5.74, 6) is 0.729. The Morgan fingerprint density at radius 2 is 2.04 bits per heavy atom. The van der Waals surface area contributed by atoms with Gasteiger partial charge in [0, 0.05) is 39.3 Å². The van der Waals surface area contributed by atoms with Gasteiger partial charge in [-0.15, -0.1) is 0 Å². The van der Waals surface area contributed by atoms with E-state index in [1.807, 2.05) is 45.0 Å². The van der Waals surface area contributed by atoms with E-state index < -0.39 is 6.04 Å². The average Bonchev–Trinajstić information content (AvgIpc) is 2.66. The molecular formula is C21H33N3O4. The van der Waals surface area contributed by atoms with Crippen molar-refractivity contribution < 1.29 is 19.1 Å². The molecule has 1 fully saturated rings. The van der Waals surface area contributed by atoms with E-state index in [2.05, 4.69) is 10.2 Å². The number of ether oxygens (including phenoxy) is 2. The number of carbonyl (C=O) groups is 2. The van der Waals surface area contributed by atoms with E-state index in [-0.39, 0.29) is 24.3 Å². The summed E-state index contributed by atoms with van der Waals surface area (Å²) < 4.78 is 10.6. The molecule has 0 bridgehead atoms. The van der Waals surface area contributed by atoms with Crippen molar-refractivity contribution in [3.63, 3.8) is 0 Å². The van der Waals surface area contributed by atoms with Crippen molar-refractivity contribution in [3.05, 3.63) is 29.8 Å². The highest BCUT2D eigenvalue weighted by Gasteiger charge is 2.33. The molecule has 1 aliphatic rings. The lowest BCUT2D eigenvalue weighted by atomic mass is 10.1. The van der Waals surface area contributed by atoms with Gasteiger partial charge in [-0.1, -0.05) is 12.1 Å². The van der Waals surface area contributed by atoms with Crippen molar-refractivity contribution in [1.29, 1.82) is 0 Å². The van der Waals surface area contributed by atoms with Gasteiger partial charge in [0.2, 0.25) is 11.8 Å². The van der Waals surface area contributed by atoms with Gasteiger partial charge in [0.05, 0.1) is 25.7 Å². The predicted octanol–water partition coefficient (Wildman–Crippen LogP) is 1.66. The van der Waals surface area contributed by atoms with E-state index in [0.29, 0.717) is 32.8 Å². The van der Waals surface area contributed by atoms with Crippen LogP contribution in [-0.2, 0) is 20.9 Å². The van der Waals surface area contributed by atoms with Gasteiger partial charge in [-0.3, -0.25) is 14.5 Å². The van der Waals surface area contributed by atoms with Crippen LogP contribution in [0.4, 0.5) is 0 Å². The number of methoxy groups -OCH3 is 1. The largest absolute Gasteiger partial charge is 0.494 e. The van der Waals surface area contributed by atoms with E-state index in [9.17, 15) is 9.59 Å². The Kier molecular flexibility index (Phi) is 8.73. The molecule has 0 aromatic heterocycles. The highest BCUT2D eigenvalue weighted by Crippen LogP contribution is 2.18. The first-order valence-corrected chi connectivity index (χ1v) is 9.98. The minimum Gasteiger partial charge on any atom is -0.494 e. The lowest BCUT2D eigenvalue weighted by molar-refractivity contribution is -0.140. The number of piperazine rings is 1. The second-order valence-electron chi connectivity index (χ2n) is 7.23. The average molecular weight is 392 g/mol. The van der Waals surface area contributed by atoms with Crippen LogP contribution in [0.3, 0.4) is 0 Å². The Morgan fingerprint density at radius 3 is 2.64 bits per heavy atom. The molecule has 0 saturated carbocycles. The second kappa shape index (κ2) is 11.0. The molecule has 156 valence electrons. The van der Waals surface area contributed by atoms with Gasteiger partial charge in [-0.25, -0.2) is 0 Å². The molecule has 1 heterocycles. The molecular weight excluding hydrogens is 358 g/mol. The van der Waals surface area contributed by atoms with Crippen molar-refractivity contribution >= 4 is 11.8 Å². The normalized spacial score (nSPS) is 17.5. The second-order valence-corrected chi connectivity index (χ2v) is 7.23. The summed E-state index contributed by atoms with van der Waals surface area (Å²) in [4.78, 5) is 29.2. The van der Waals surface area contributed by atoms with Crippen LogP contribution in [0.1, 0.15) is 32.8 Å². The molecule has 1 atom stereocenters. The van der Waals surface area contributed by atoms with Crippen molar-refractivity contribution in [3.8, 4) is 5.75 Å². The molecule has 0 aliphatic carbocycles. The van der Waals surface area contributed by atoms with Crippen LogP contribution < -0.4 is 10.1 Å². The Hall–Kier alpha value is -2.12. The third kappa shape index (κ3) is 6.21. The fraction of sp³-hybridized carbons (Fsp3) is 0.619. The van der Waals surface area contributed by atoms with Crippen LogP contribution in [0.25, 0.3) is 0 Å². The fourth-order valence-electron chi connectivity index (χ4n) is 3.41. The molecule has 28 heavy (non-hydrogen) atoms. The van der Waals surface area contributed by atoms with Gasteiger partial charge >= 0.3 is 0 Å². The van der Waals surface area contributed by atoms with Gasteiger partial charge in [-0.2, -0.15) is 0 Å². The standard InChI is InChI=1S/C21H33N3O4/c1-5-28-18-8-6-17(7-9-18)15-23-11-10-22-21(26)19(23)14-20(25)24(16(2)3)12-13-27-4/h6-9,16,19H,5,10-15H2,1-4H3,(H,22,26). The Morgan fingerprint density at radius 1 is 1.32 bits per heavy atom. The summed E-state index contributed by atoms with van der Waals surface area (Å²) >= 11 is 0. The molecule has 1 saturated heterocycles. The summed E-state index contributed by atoms with van der Waals surface area (Å²) in [5.41, 5.74) is 1.09. The summed E-state index contributed by atoms with van der Waals surface area (Å²) in [5, 5.41) is 2.89. The van der Waals surface area contributed by atoms with Gasteiger partial charge in [-0.05, 0) is 38.5 Å². The third-order valence-corrected chi connectivity index (χ3v) is 4.91. The SMILES string of the molecule is CCOc1ccc(CN2CCNC(=O)C2CC(=O)N(CCOC)C(C)C)cc1. The molecule has 7 heteroatoms. The number of rotatable bonds is 10. The number of amides is 2. The molecule has 2 rings (SSSR count). The number of benzene rings is 1. The fourth-order valence-corrected chi connectivity index (χ4v) is 3.41. The molecule has 0 radical (unpaired) electrons. The first-order chi connectivity index (χ1) is 13.5. The summed E-state index contributed by atoms with van der Waals surface area (Å²) in [6.07, 6.45) is 0.171. The molecule has 1 unspecified atom stereocenters. The molecule has 0 spiro atoms. The molecule has 1 aromatic rings. The lowest BCUT2D eigenvalue weighted by Gasteiger charge is -2.36. The van der Waals surface area contributed by atoms with Crippen molar-refractivity contribution in [2.24, 2.45) is 0 Å². The lowest BCUT2D eigenvalue weighted by Crippen LogP contribution is -2.56. The quantitative estimate of drug-likeness (QED) is 0.657. The zero-order valence-electron chi connectivity index (χ0n) is 17.4. The number of nitrogens with one attached hydrogen (secondary N) is 1. The van der Waals surface area contributed by atoms with Gasteiger partial charge in [0.1, 0.15) is 5.75 Å². The Balaban J connectivity index is 2.06. The van der Waals surface area contributed by atoms with Crippen molar-refractivity contribution in [1.82, 2.24) is 15.1 Å². The van der Waals surface area contributed by atoms with E-state index in [1.165, 1.54) is 0 Å². The van der Waals surface area contributed by atoms with E-state index in [1.54, 1.807) is 12.0 Å². The molecule has 1 aromatic carbocycles. The van der Waals surface area contributed by atoms with E-state index in [0.717, 1.165) is 17.9 Å². The monoisotopic (exact) mass is 391 g/mol. The number of hydrogen-bond acceptors (Lipinski definition) is 5. The van der Waals surface area contributed by atoms with Gasteiger partial charge in [0.15, 0.2) is 0 Å². The smallest absolute Gasteiger partial charge is 0.237 e. The first-order valence-electron chi connectivity index (χ1n) is 9.98. The van der Waals surface area contributed by atoms with Crippen molar-refractivity contribution in [2.45, 2.75) is 45.8 Å². The summed E-state index contributed by atoms with van der Waals surface area (Å²) in [7, 11) is 1.62. The highest BCUT2D eigenvalue weighted by atomic mass is 16.5. The van der Waals surface area contributed by atoms with Crippen LogP contribution >= 0.6 is 0 Å². The van der Waals surface area contributed by atoms with Crippen LogP contribution in [0.5, 0.6) is 5.75 Å². The van der Waals surface area contributed by atoms with Gasteiger partial charge in [0.25, 0.3) is 0 Å². The zero-order valence-corrected chi connectivity index (χ0v) is 17.4. The van der Waals surface area contributed by atoms with Crippen LogP contribution in [0, 0.1) is 0 Å². The first kappa shape index (κ1) is 22.2. The molecule has 1 N–H and O–H groups in total. The molecule has 2 amide bonds. The summed E-state index contributed by atoms with van der Waals surface area (Å²) in [6, 6.07) is 7.50. The molecule has 7 nitrogen and oxygen atoms in total. The van der Waals surface area contributed by atoms with E-state index >= 15 is 0 Å². The van der Waals surface area contributed by atoms with Crippen LogP contribution in [-0.4, -0.2) is 73.7 Å². The topological polar surface area (TPSA) is 71.1 Å². The van der Waals surface area contributed by atoms with Crippen molar-refractivity contribution in [2.75, 3.05) is 40.0 Å². The predicted molar refractivity (Wildman–Crippen MR) is 108 cm³/mol. The van der Waals surface area contributed by atoms with Crippen LogP contribution in [0.2, 0.25) is 0 Å². The number of hydrogen-bond donors (Lipinski definition) is 1. The Labute approximate surface area is 168 Å². The maximum atomic E-state index is 12.9. The third-order valence-electron chi connectivity index (χ3n) is 4.91. The minimum atomic E-state index is -0.461. The van der Waals surface area contributed by atoms with Crippen LogP contribution in [0.15, 0.2) is 24.3 Å². The summed E-state index contributed by atoms with van der Waals surface area (Å²) in [6.45, 7) is 9.49. The number of nitrogens with zero attached hydrogens (tertiary/aromatic N) is 2.